The van der Waals surface area contributed by atoms with E-state index in [0.717, 1.165) is 10.6 Å². The standard InChI is InChI=1S/C17H19NO6S2/c1-3-18(25(2,19)20)13-5-4-6-14(11-13)26(21,22)15-7-8-16-17(12-15)24-10-9-23-16/h4-8,11-12H,3,9-10H2,1-2H3. The Kier molecular flexibility index (Phi) is 4.85. The normalized spacial score (nSPS) is 14.1. The van der Waals surface area contributed by atoms with Crippen molar-refractivity contribution in [2.45, 2.75) is 16.7 Å². The number of hydrogen-bond acceptors (Lipinski definition) is 6. The van der Waals surface area contributed by atoms with Gasteiger partial charge in [-0.3, -0.25) is 4.31 Å². The lowest BCUT2D eigenvalue weighted by Crippen LogP contribution is -2.29. The average molecular weight is 397 g/mol. The van der Waals surface area contributed by atoms with E-state index in [-0.39, 0.29) is 16.3 Å². The van der Waals surface area contributed by atoms with Gasteiger partial charge in [0.2, 0.25) is 19.9 Å². The number of sulfonamides is 1. The molecule has 0 aromatic heterocycles. The van der Waals surface area contributed by atoms with Crippen LogP contribution < -0.4 is 13.8 Å². The van der Waals surface area contributed by atoms with Crippen LogP contribution in [0.2, 0.25) is 0 Å². The smallest absolute Gasteiger partial charge is 0.232 e. The molecule has 0 unspecified atom stereocenters. The molecule has 1 aliphatic rings. The minimum Gasteiger partial charge on any atom is -0.486 e. The summed E-state index contributed by atoms with van der Waals surface area (Å²) in [6, 6.07) is 10.3. The fourth-order valence-corrected chi connectivity index (χ4v) is 5.02. The monoisotopic (exact) mass is 397 g/mol. The third-order valence-corrected chi connectivity index (χ3v) is 6.95. The molecule has 0 fully saturated rings. The summed E-state index contributed by atoms with van der Waals surface area (Å²) >= 11 is 0. The number of fused-ring (bicyclic) bond motifs is 1. The Labute approximate surface area is 153 Å². The van der Waals surface area contributed by atoms with E-state index in [9.17, 15) is 16.8 Å². The zero-order chi connectivity index (χ0) is 18.9. The molecule has 0 radical (unpaired) electrons. The lowest BCUT2D eigenvalue weighted by molar-refractivity contribution is 0.171. The van der Waals surface area contributed by atoms with Crippen LogP contribution in [0.3, 0.4) is 0 Å². The van der Waals surface area contributed by atoms with Crippen LogP contribution in [0.5, 0.6) is 11.5 Å². The van der Waals surface area contributed by atoms with Crippen LogP contribution >= 0.6 is 0 Å². The van der Waals surface area contributed by atoms with E-state index in [1.165, 1.54) is 30.3 Å². The second-order valence-electron chi connectivity index (χ2n) is 5.73. The van der Waals surface area contributed by atoms with Crippen LogP contribution in [0.4, 0.5) is 5.69 Å². The largest absolute Gasteiger partial charge is 0.486 e. The lowest BCUT2D eigenvalue weighted by atomic mass is 10.3. The zero-order valence-corrected chi connectivity index (χ0v) is 16.0. The number of anilines is 1. The molecule has 1 aliphatic heterocycles. The SMILES string of the molecule is CCN(c1cccc(S(=O)(=O)c2ccc3c(c2)OCCO3)c1)S(C)(=O)=O. The van der Waals surface area contributed by atoms with E-state index < -0.39 is 19.9 Å². The van der Waals surface area contributed by atoms with Gasteiger partial charge in [-0.15, -0.1) is 0 Å². The highest BCUT2D eigenvalue weighted by atomic mass is 32.2. The molecule has 0 spiro atoms. The number of benzene rings is 2. The van der Waals surface area contributed by atoms with E-state index in [1.807, 2.05) is 0 Å². The van der Waals surface area contributed by atoms with Gasteiger partial charge in [-0.25, -0.2) is 16.8 Å². The summed E-state index contributed by atoms with van der Waals surface area (Å²) in [4.78, 5) is 0.0649. The van der Waals surface area contributed by atoms with Gasteiger partial charge < -0.3 is 9.47 Å². The second-order valence-corrected chi connectivity index (χ2v) is 9.59. The number of ether oxygens (including phenoxy) is 2. The lowest BCUT2D eigenvalue weighted by Gasteiger charge is -2.21. The van der Waals surface area contributed by atoms with E-state index >= 15 is 0 Å². The topological polar surface area (TPSA) is 90.0 Å². The first-order valence-corrected chi connectivity index (χ1v) is 11.3. The summed E-state index contributed by atoms with van der Waals surface area (Å²) < 4.78 is 61.7. The van der Waals surface area contributed by atoms with Crippen molar-refractivity contribution >= 4 is 25.5 Å². The molecule has 26 heavy (non-hydrogen) atoms. The number of hydrogen-bond donors (Lipinski definition) is 0. The Bertz CT molecular complexity index is 1030. The van der Waals surface area contributed by atoms with Crippen molar-refractivity contribution < 1.29 is 26.3 Å². The predicted molar refractivity (Wildman–Crippen MR) is 97.2 cm³/mol. The molecular formula is C17H19NO6S2. The van der Waals surface area contributed by atoms with Crippen LogP contribution in [0, 0.1) is 0 Å². The van der Waals surface area contributed by atoms with Crippen molar-refractivity contribution in [2.75, 3.05) is 30.3 Å². The maximum Gasteiger partial charge on any atom is 0.232 e. The zero-order valence-electron chi connectivity index (χ0n) is 14.4. The molecule has 0 saturated heterocycles. The molecule has 1 heterocycles. The van der Waals surface area contributed by atoms with Gasteiger partial charge in [0.1, 0.15) is 13.2 Å². The van der Waals surface area contributed by atoms with Crippen LogP contribution in [0.1, 0.15) is 6.92 Å². The first-order valence-electron chi connectivity index (χ1n) is 7.96. The molecule has 3 rings (SSSR count). The van der Waals surface area contributed by atoms with E-state index in [4.69, 9.17) is 9.47 Å². The molecule has 7 nitrogen and oxygen atoms in total. The van der Waals surface area contributed by atoms with Gasteiger partial charge in [0.05, 0.1) is 21.7 Å². The maximum absolute atomic E-state index is 13.0. The van der Waals surface area contributed by atoms with Gasteiger partial charge in [-0.05, 0) is 37.3 Å². The minimum atomic E-state index is -3.84. The maximum atomic E-state index is 13.0. The number of rotatable bonds is 5. The highest BCUT2D eigenvalue weighted by molar-refractivity contribution is 7.92. The fraction of sp³-hybridized carbons (Fsp3) is 0.294. The Morgan fingerprint density at radius 3 is 2.23 bits per heavy atom. The van der Waals surface area contributed by atoms with Gasteiger partial charge in [0, 0.05) is 12.6 Å². The Balaban J connectivity index is 2.04. The number of sulfone groups is 1. The third kappa shape index (κ3) is 3.49. The van der Waals surface area contributed by atoms with E-state index in [1.54, 1.807) is 19.1 Å². The van der Waals surface area contributed by atoms with Crippen molar-refractivity contribution in [3.8, 4) is 11.5 Å². The van der Waals surface area contributed by atoms with Crippen molar-refractivity contribution in [3.63, 3.8) is 0 Å². The van der Waals surface area contributed by atoms with Gasteiger partial charge in [-0.2, -0.15) is 0 Å². The molecule has 9 heteroatoms. The van der Waals surface area contributed by atoms with Gasteiger partial charge in [0.25, 0.3) is 0 Å². The molecule has 2 aromatic rings. The molecular weight excluding hydrogens is 378 g/mol. The summed E-state index contributed by atoms with van der Waals surface area (Å²) in [6.07, 6.45) is 1.08. The van der Waals surface area contributed by atoms with Crippen LogP contribution in [0.15, 0.2) is 52.3 Å². The first-order chi connectivity index (χ1) is 12.2. The fourth-order valence-electron chi connectivity index (χ4n) is 2.74. The molecule has 0 N–H and O–H groups in total. The molecule has 0 aliphatic carbocycles. The highest BCUT2D eigenvalue weighted by Gasteiger charge is 2.23. The van der Waals surface area contributed by atoms with E-state index in [2.05, 4.69) is 0 Å². The Morgan fingerprint density at radius 1 is 0.923 bits per heavy atom. The quantitative estimate of drug-likeness (QED) is 0.767. The van der Waals surface area contributed by atoms with Crippen molar-refractivity contribution in [1.29, 1.82) is 0 Å². The molecule has 0 atom stereocenters. The number of nitrogens with zero attached hydrogens (tertiary/aromatic N) is 1. The van der Waals surface area contributed by atoms with Crippen molar-refractivity contribution in [3.05, 3.63) is 42.5 Å². The summed E-state index contributed by atoms with van der Waals surface area (Å²) in [7, 11) is -7.34. The second kappa shape index (κ2) is 6.81. The Hall–Kier alpha value is -2.26. The van der Waals surface area contributed by atoms with Gasteiger partial charge in [0.15, 0.2) is 11.5 Å². The molecule has 0 bridgehead atoms. The van der Waals surface area contributed by atoms with Gasteiger partial charge >= 0.3 is 0 Å². The van der Waals surface area contributed by atoms with Crippen molar-refractivity contribution in [1.82, 2.24) is 0 Å². The summed E-state index contributed by atoms with van der Waals surface area (Å²) in [5, 5.41) is 0. The molecule has 0 saturated carbocycles. The molecule has 0 amide bonds. The first kappa shape index (κ1) is 18.5. The van der Waals surface area contributed by atoms with Crippen molar-refractivity contribution in [2.24, 2.45) is 0 Å². The Morgan fingerprint density at radius 2 is 1.58 bits per heavy atom. The third-order valence-electron chi connectivity index (χ3n) is 3.93. The summed E-state index contributed by atoms with van der Waals surface area (Å²) in [6.45, 7) is 2.65. The van der Waals surface area contributed by atoms with E-state index in [0.29, 0.717) is 30.4 Å². The van der Waals surface area contributed by atoms with Gasteiger partial charge in [-0.1, -0.05) is 6.07 Å². The highest BCUT2D eigenvalue weighted by Crippen LogP contribution is 2.34. The average Bonchev–Trinajstić information content (AvgIpc) is 2.61. The molecule has 2 aromatic carbocycles. The summed E-state index contributed by atoms with van der Waals surface area (Å²) in [5.74, 6) is 0.873. The van der Waals surface area contributed by atoms with Crippen LogP contribution in [0.25, 0.3) is 0 Å². The minimum absolute atomic E-state index is 0.00813. The molecule has 140 valence electrons. The summed E-state index contributed by atoms with van der Waals surface area (Å²) in [5.41, 5.74) is 0.300. The van der Waals surface area contributed by atoms with Crippen LogP contribution in [-0.4, -0.2) is 42.8 Å². The predicted octanol–water partition coefficient (Wildman–Crippen LogP) is 2.08. The van der Waals surface area contributed by atoms with Crippen LogP contribution in [-0.2, 0) is 19.9 Å².